The quantitative estimate of drug-likeness (QED) is 0.887. The van der Waals surface area contributed by atoms with Crippen LogP contribution in [0.4, 0.5) is 5.13 Å². The number of aromatic nitrogens is 4. The normalized spacial score (nSPS) is 14.8. The van der Waals surface area contributed by atoms with Gasteiger partial charge in [0, 0.05) is 25.0 Å². The second kappa shape index (κ2) is 5.03. The third-order valence-corrected chi connectivity index (χ3v) is 3.96. The van der Waals surface area contributed by atoms with Gasteiger partial charge in [0.15, 0.2) is 11.0 Å². The fourth-order valence-electron chi connectivity index (χ4n) is 2.01. The molecule has 3 rings (SSSR count). The molecule has 3 heterocycles. The van der Waals surface area contributed by atoms with Crippen molar-refractivity contribution in [3.8, 4) is 0 Å². The maximum atomic E-state index is 4.65. The molecule has 0 radical (unpaired) electrons. The van der Waals surface area contributed by atoms with Gasteiger partial charge in [-0.2, -0.15) is 0 Å². The summed E-state index contributed by atoms with van der Waals surface area (Å²) in [7, 11) is 0. The number of fused-ring (bicyclic) bond motifs is 1. The summed E-state index contributed by atoms with van der Waals surface area (Å²) in [5, 5.41) is 14.6. The molecule has 0 aromatic carbocycles. The summed E-state index contributed by atoms with van der Waals surface area (Å²) < 4.78 is 2.10. The zero-order valence-corrected chi connectivity index (χ0v) is 11.2. The maximum absolute atomic E-state index is 4.65. The SMILES string of the molecule is CCNCc1csc(N2CCn3cnnc3C2)n1. The summed E-state index contributed by atoms with van der Waals surface area (Å²) in [6.45, 7) is 6.62. The molecule has 0 amide bonds. The lowest BCUT2D eigenvalue weighted by atomic mass is 10.4. The molecule has 1 N–H and O–H groups in total. The first kappa shape index (κ1) is 11.6. The average molecular weight is 264 g/mol. The van der Waals surface area contributed by atoms with E-state index in [0.717, 1.165) is 49.4 Å². The molecule has 0 unspecified atom stereocenters. The molecule has 0 atom stereocenters. The predicted molar refractivity (Wildman–Crippen MR) is 70.6 cm³/mol. The van der Waals surface area contributed by atoms with Gasteiger partial charge < -0.3 is 14.8 Å². The number of hydrogen-bond donors (Lipinski definition) is 1. The molecule has 1 aliphatic rings. The lowest BCUT2D eigenvalue weighted by molar-refractivity contribution is 0.558. The molecule has 18 heavy (non-hydrogen) atoms. The largest absolute Gasteiger partial charge is 0.339 e. The highest BCUT2D eigenvalue weighted by Crippen LogP contribution is 2.24. The number of nitrogens with one attached hydrogen (secondary N) is 1. The summed E-state index contributed by atoms with van der Waals surface area (Å²) in [6, 6.07) is 0. The molecular formula is C11H16N6S. The van der Waals surface area contributed by atoms with Crippen LogP contribution in [0, 0.1) is 0 Å². The van der Waals surface area contributed by atoms with Crippen LogP contribution < -0.4 is 10.2 Å². The molecule has 0 aliphatic carbocycles. The highest BCUT2D eigenvalue weighted by molar-refractivity contribution is 7.13. The Morgan fingerprint density at radius 1 is 1.44 bits per heavy atom. The van der Waals surface area contributed by atoms with Crippen LogP contribution in [0.15, 0.2) is 11.7 Å². The van der Waals surface area contributed by atoms with E-state index in [-0.39, 0.29) is 0 Å². The van der Waals surface area contributed by atoms with Crippen molar-refractivity contribution < 1.29 is 0 Å². The van der Waals surface area contributed by atoms with Gasteiger partial charge in [0.1, 0.15) is 6.33 Å². The van der Waals surface area contributed by atoms with Crippen molar-refractivity contribution in [3.05, 3.63) is 23.2 Å². The van der Waals surface area contributed by atoms with Crippen LogP contribution in [0.1, 0.15) is 18.4 Å². The number of nitrogens with zero attached hydrogens (tertiary/aromatic N) is 5. The van der Waals surface area contributed by atoms with Gasteiger partial charge in [-0.3, -0.25) is 0 Å². The highest BCUT2D eigenvalue weighted by atomic mass is 32.1. The first-order chi connectivity index (χ1) is 8.86. The van der Waals surface area contributed by atoms with Crippen LogP contribution in [0.3, 0.4) is 0 Å². The van der Waals surface area contributed by atoms with E-state index in [9.17, 15) is 0 Å². The Morgan fingerprint density at radius 2 is 2.39 bits per heavy atom. The first-order valence-electron chi connectivity index (χ1n) is 6.13. The maximum Gasteiger partial charge on any atom is 0.186 e. The van der Waals surface area contributed by atoms with E-state index in [1.54, 1.807) is 17.7 Å². The van der Waals surface area contributed by atoms with Crippen LogP contribution in [-0.2, 0) is 19.6 Å². The number of anilines is 1. The standard InChI is InChI=1S/C11H16N6S/c1-2-12-5-9-7-18-11(14-9)16-3-4-17-8-13-15-10(17)6-16/h7-8,12H,2-6H2,1H3. The van der Waals surface area contributed by atoms with Gasteiger partial charge in [-0.05, 0) is 6.54 Å². The van der Waals surface area contributed by atoms with Crippen molar-refractivity contribution in [1.82, 2.24) is 25.1 Å². The molecule has 7 heteroatoms. The lowest BCUT2D eigenvalue weighted by Crippen LogP contribution is -2.33. The van der Waals surface area contributed by atoms with Gasteiger partial charge in [0.05, 0.1) is 12.2 Å². The van der Waals surface area contributed by atoms with Crippen molar-refractivity contribution in [3.63, 3.8) is 0 Å². The molecule has 2 aromatic heterocycles. The average Bonchev–Trinajstić information content (AvgIpc) is 3.04. The molecule has 96 valence electrons. The number of thiazole rings is 1. The lowest BCUT2D eigenvalue weighted by Gasteiger charge is -2.26. The molecule has 0 bridgehead atoms. The minimum atomic E-state index is 0.800. The summed E-state index contributed by atoms with van der Waals surface area (Å²) in [4.78, 5) is 6.92. The number of hydrogen-bond acceptors (Lipinski definition) is 6. The Labute approximate surface area is 110 Å². The van der Waals surface area contributed by atoms with Crippen LogP contribution in [0.25, 0.3) is 0 Å². The molecule has 0 saturated heterocycles. The van der Waals surface area contributed by atoms with Gasteiger partial charge in [0.2, 0.25) is 0 Å². The molecule has 2 aromatic rings. The third kappa shape index (κ3) is 2.23. The Balaban J connectivity index is 1.70. The molecule has 6 nitrogen and oxygen atoms in total. The van der Waals surface area contributed by atoms with E-state index in [1.165, 1.54) is 0 Å². The van der Waals surface area contributed by atoms with Crippen molar-refractivity contribution in [2.24, 2.45) is 0 Å². The minimum Gasteiger partial charge on any atom is -0.339 e. The van der Waals surface area contributed by atoms with Crippen LogP contribution in [0.2, 0.25) is 0 Å². The Hall–Kier alpha value is -1.47. The van der Waals surface area contributed by atoms with E-state index in [2.05, 4.69) is 42.3 Å². The van der Waals surface area contributed by atoms with Crippen LogP contribution in [0.5, 0.6) is 0 Å². The van der Waals surface area contributed by atoms with Gasteiger partial charge in [-0.25, -0.2) is 4.98 Å². The van der Waals surface area contributed by atoms with E-state index in [4.69, 9.17) is 0 Å². The fourth-order valence-corrected chi connectivity index (χ4v) is 2.86. The van der Waals surface area contributed by atoms with Crippen LogP contribution >= 0.6 is 11.3 Å². The van der Waals surface area contributed by atoms with Crippen molar-refractivity contribution in [2.75, 3.05) is 18.0 Å². The first-order valence-corrected chi connectivity index (χ1v) is 7.01. The zero-order chi connectivity index (χ0) is 12.4. The Kier molecular flexibility index (Phi) is 3.24. The molecular weight excluding hydrogens is 248 g/mol. The van der Waals surface area contributed by atoms with E-state index in [1.807, 2.05) is 0 Å². The summed E-state index contributed by atoms with van der Waals surface area (Å²) in [5.41, 5.74) is 1.11. The van der Waals surface area contributed by atoms with E-state index < -0.39 is 0 Å². The summed E-state index contributed by atoms with van der Waals surface area (Å²) in [5.74, 6) is 1.02. The topological polar surface area (TPSA) is 58.9 Å². The summed E-state index contributed by atoms with van der Waals surface area (Å²) in [6.07, 6.45) is 1.80. The molecule has 0 fully saturated rings. The zero-order valence-electron chi connectivity index (χ0n) is 10.3. The molecule has 0 saturated carbocycles. The highest BCUT2D eigenvalue weighted by Gasteiger charge is 2.19. The summed E-state index contributed by atoms with van der Waals surface area (Å²) >= 11 is 1.70. The third-order valence-electron chi connectivity index (χ3n) is 3.01. The van der Waals surface area contributed by atoms with Crippen molar-refractivity contribution >= 4 is 16.5 Å². The minimum absolute atomic E-state index is 0.800. The second-order valence-electron chi connectivity index (χ2n) is 4.26. The van der Waals surface area contributed by atoms with Gasteiger partial charge in [0.25, 0.3) is 0 Å². The second-order valence-corrected chi connectivity index (χ2v) is 5.10. The van der Waals surface area contributed by atoms with E-state index in [0.29, 0.717) is 0 Å². The molecule has 1 aliphatic heterocycles. The van der Waals surface area contributed by atoms with Gasteiger partial charge >= 0.3 is 0 Å². The van der Waals surface area contributed by atoms with Gasteiger partial charge in [-0.15, -0.1) is 21.5 Å². The van der Waals surface area contributed by atoms with Crippen molar-refractivity contribution in [2.45, 2.75) is 26.6 Å². The Morgan fingerprint density at radius 3 is 3.28 bits per heavy atom. The Bertz CT molecular complexity index is 519. The fraction of sp³-hybridized carbons (Fsp3) is 0.545. The number of rotatable bonds is 4. The monoisotopic (exact) mass is 264 g/mol. The van der Waals surface area contributed by atoms with E-state index >= 15 is 0 Å². The van der Waals surface area contributed by atoms with Crippen molar-refractivity contribution in [1.29, 1.82) is 0 Å². The van der Waals surface area contributed by atoms with Gasteiger partial charge in [-0.1, -0.05) is 6.92 Å². The smallest absolute Gasteiger partial charge is 0.186 e. The predicted octanol–water partition coefficient (Wildman–Crippen LogP) is 0.864. The van der Waals surface area contributed by atoms with Crippen LogP contribution in [-0.4, -0.2) is 32.8 Å². The molecule has 0 spiro atoms.